The molecule has 3 amide bonds. The molecule has 1 aliphatic rings. The molecule has 1 fully saturated rings. The number of carbonyl (C=O) groups is 3. The standard InChI is InChI=1S/C11H18N2O3S/c1-7(2)17-6-9(15)13-5-8(14)12-10(16)11(13,3)4/h7H,5-6H2,1-4H3,(H,12,14,16). The zero-order valence-electron chi connectivity index (χ0n) is 10.6. The Balaban J connectivity index is 2.76. The van der Waals surface area contributed by atoms with Gasteiger partial charge in [0.15, 0.2) is 0 Å². The maximum absolute atomic E-state index is 12.0. The van der Waals surface area contributed by atoms with Gasteiger partial charge in [0.05, 0.1) is 5.75 Å². The Hall–Kier alpha value is -1.04. The first kappa shape index (κ1) is 14.0. The normalized spacial score (nSPS) is 19.5. The molecule has 6 heteroatoms. The van der Waals surface area contributed by atoms with Crippen LogP contribution in [0.25, 0.3) is 0 Å². The van der Waals surface area contributed by atoms with Crippen molar-refractivity contribution in [3.05, 3.63) is 0 Å². The highest BCUT2D eigenvalue weighted by Crippen LogP contribution is 2.20. The largest absolute Gasteiger partial charge is 0.318 e. The van der Waals surface area contributed by atoms with E-state index in [9.17, 15) is 14.4 Å². The van der Waals surface area contributed by atoms with Gasteiger partial charge in [0.1, 0.15) is 12.1 Å². The molecule has 17 heavy (non-hydrogen) atoms. The van der Waals surface area contributed by atoms with Gasteiger partial charge in [-0.25, -0.2) is 0 Å². The molecule has 1 aliphatic heterocycles. The third-order valence-corrected chi connectivity index (χ3v) is 3.71. The van der Waals surface area contributed by atoms with Crippen molar-refractivity contribution in [2.45, 2.75) is 38.5 Å². The molecule has 0 radical (unpaired) electrons. The lowest BCUT2D eigenvalue weighted by molar-refractivity contribution is -0.154. The van der Waals surface area contributed by atoms with E-state index in [-0.39, 0.29) is 12.5 Å². The lowest BCUT2D eigenvalue weighted by Gasteiger charge is -2.40. The lowest BCUT2D eigenvalue weighted by Crippen LogP contribution is -2.65. The SMILES string of the molecule is CC(C)SCC(=O)N1CC(=O)NC(=O)C1(C)C. The van der Waals surface area contributed by atoms with Crippen molar-refractivity contribution in [2.75, 3.05) is 12.3 Å². The van der Waals surface area contributed by atoms with Gasteiger partial charge in [0.2, 0.25) is 11.8 Å². The molecule has 1 saturated heterocycles. The van der Waals surface area contributed by atoms with E-state index in [2.05, 4.69) is 5.32 Å². The molecule has 5 nitrogen and oxygen atoms in total. The molecular formula is C11H18N2O3S. The number of thioether (sulfide) groups is 1. The molecule has 1 heterocycles. The summed E-state index contributed by atoms with van der Waals surface area (Å²) < 4.78 is 0. The Labute approximate surface area is 105 Å². The number of amides is 3. The average molecular weight is 258 g/mol. The first-order valence-corrected chi connectivity index (χ1v) is 6.56. The predicted octanol–water partition coefficient (Wildman–Crippen LogP) is 0.392. The fourth-order valence-corrected chi connectivity index (χ4v) is 2.13. The van der Waals surface area contributed by atoms with E-state index < -0.39 is 17.4 Å². The summed E-state index contributed by atoms with van der Waals surface area (Å²) in [5.74, 6) is -0.715. The fraction of sp³-hybridized carbons (Fsp3) is 0.727. The number of rotatable bonds is 3. The van der Waals surface area contributed by atoms with E-state index in [1.165, 1.54) is 16.7 Å². The Morgan fingerprint density at radius 2 is 2.06 bits per heavy atom. The van der Waals surface area contributed by atoms with E-state index in [0.29, 0.717) is 11.0 Å². The highest BCUT2D eigenvalue weighted by Gasteiger charge is 2.43. The minimum Gasteiger partial charge on any atom is -0.318 e. The van der Waals surface area contributed by atoms with E-state index in [1.807, 2.05) is 13.8 Å². The van der Waals surface area contributed by atoms with Gasteiger partial charge in [0, 0.05) is 0 Å². The average Bonchev–Trinajstić information content (AvgIpc) is 2.20. The first-order chi connectivity index (χ1) is 7.75. The van der Waals surface area contributed by atoms with Crippen molar-refractivity contribution < 1.29 is 14.4 Å². The van der Waals surface area contributed by atoms with Crippen LogP contribution >= 0.6 is 11.8 Å². The van der Waals surface area contributed by atoms with Gasteiger partial charge in [-0.15, -0.1) is 11.8 Å². The zero-order chi connectivity index (χ0) is 13.2. The van der Waals surface area contributed by atoms with E-state index in [0.717, 1.165) is 0 Å². The van der Waals surface area contributed by atoms with Gasteiger partial charge in [-0.2, -0.15) is 0 Å². The molecule has 0 spiro atoms. The molecule has 0 saturated carbocycles. The summed E-state index contributed by atoms with van der Waals surface area (Å²) in [5.41, 5.74) is -0.956. The third kappa shape index (κ3) is 3.21. The Morgan fingerprint density at radius 1 is 1.47 bits per heavy atom. The molecule has 1 N–H and O–H groups in total. The van der Waals surface area contributed by atoms with Gasteiger partial charge in [-0.3, -0.25) is 19.7 Å². The predicted molar refractivity (Wildman–Crippen MR) is 66.5 cm³/mol. The minimum absolute atomic E-state index is 0.0454. The monoisotopic (exact) mass is 258 g/mol. The van der Waals surface area contributed by atoms with Crippen LogP contribution in [-0.4, -0.2) is 45.7 Å². The van der Waals surface area contributed by atoms with Crippen LogP contribution in [0.5, 0.6) is 0 Å². The van der Waals surface area contributed by atoms with Crippen molar-refractivity contribution in [3.8, 4) is 0 Å². The number of hydrogen-bond donors (Lipinski definition) is 1. The van der Waals surface area contributed by atoms with Crippen molar-refractivity contribution >= 4 is 29.5 Å². The molecule has 0 bridgehead atoms. The number of carbonyl (C=O) groups excluding carboxylic acids is 3. The third-order valence-electron chi connectivity index (χ3n) is 2.63. The van der Waals surface area contributed by atoms with Crippen molar-refractivity contribution in [3.63, 3.8) is 0 Å². The number of piperazine rings is 1. The number of nitrogens with one attached hydrogen (secondary N) is 1. The second kappa shape index (κ2) is 5.08. The second-order valence-electron chi connectivity index (χ2n) is 4.78. The topological polar surface area (TPSA) is 66.5 Å². The Morgan fingerprint density at radius 3 is 2.59 bits per heavy atom. The molecule has 1 rings (SSSR count). The van der Waals surface area contributed by atoms with Crippen LogP contribution in [0.15, 0.2) is 0 Å². The second-order valence-corrected chi connectivity index (χ2v) is 6.34. The van der Waals surface area contributed by atoms with Gasteiger partial charge in [-0.1, -0.05) is 13.8 Å². The van der Waals surface area contributed by atoms with Crippen molar-refractivity contribution in [1.29, 1.82) is 0 Å². The van der Waals surface area contributed by atoms with E-state index >= 15 is 0 Å². The molecule has 0 aromatic rings. The lowest BCUT2D eigenvalue weighted by atomic mass is 9.99. The highest BCUT2D eigenvalue weighted by molar-refractivity contribution is 8.00. The van der Waals surface area contributed by atoms with Crippen LogP contribution in [-0.2, 0) is 14.4 Å². The number of imide groups is 1. The summed E-state index contributed by atoms with van der Waals surface area (Å²) in [7, 11) is 0. The zero-order valence-corrected chi connectivity index (χ0v) is 11.4. The van der Waals surface area contributed by atoms with Gasteiger partial charge >= 0.3 is 0 Å². The van der Waals surface area contributed by atoms with Crippen LogP contribution in [0.3, 0.4) is 0 Å². The summed E-state index contributed by atoms with van der Waals surface area (Å²) in [5, 5.41) is 2.58. The smallest absolute Gasteiger partial charge is 0.252 e. The summed E-state index contributed by atoms with van der Waals surface area (Å²) >= 11 is 1.50. The Kier molecular flexibility index (Phi) is 4.19. The van der Waals surface area contributed by atoms with Crippen LogP contribution in [0, 0.1) is 0 Å². The molecular weight excluding hydrogens is 240 g/mol. The molecule has 0 aromatic heterocycles. The van der Waals surface area contributed by atoms with Crippen LogP contribution in [0.4, 0.5) is 0 Å². The van der Waals surface area contributed by atoms with Gasteiger partial charge in [0.25, 0.3) is 5.91 Å². The Bertz CT molecular complexity index is 353. The molecule has 0 unspecified atom stereocenters. The maximum atomic E-state index is 12.0. The summed E-state index contributed by atoms with van der Waals surface area (Å²) in [6.45, 7) is 7.24. The van der Waals surface area contributed by atoms with Crippen LogP contribution in [0.2, 0.25) is 0 Å². The molecule has 0 aromatic carbocycles. The molecule has 0 aliphatic carbocycles. The first-order valence-electron chi connectivity index (χ1n) is 5.51. The highest BCUT2D eigenvalue weighted by atomic mass is 32.2. The molecule has 96 valence electrons. The van der Waals surface area contributed by atoms with E-state index in [4.69, 9.17) is 0 Å². The fourth-order valence-electron chi connectivity index (χ4n) is 1.50. The van der Waals surface area contributed by atoms with Crippen molar-refractivity contribution in [2.24, 2.45) is 0 Å². The quantitative estimate of drug-likeness (QED) is 0.744. The minimum atomic E-state index is -0.956. The van der Waals surface area contributed by atoms with Crippen LogP contribution < -0.4 is 5.32 Å². The maximum Gasteiger partial charge on any atom is 0.252 e. The van der Waals surface area contributed by atoms with Gasteiger partial charge < -0.3 is 4.90 Å². The number of hydrogen-bond acceptors (Lipinski definition) is 4. The summed E-state index contributed by atoms with van der Waals surface area (Å²) in [6.07, 6.45) is 0. The molecule has 0 atom stereocenters. The number of nitrogens with zero attached hydrogens (tertiary/aromatic N) is 1. The summed E-state index contributed by atoms with van der Waals surface area (Å²) in [4.78, 5) is 36.3. The van der Waals surface area contributed by atoms with E-state index in [1.54, 1.807) is 13.8 Å². The van der Waals surface area contributed by atoms with Crippen LogP contribution in [0.1, 0.15) is 27.7 Å². The van der Waals surface area contributed by atoms with Gasteiger partial charge in [-0.05, 0) is 19.1 Å². The van der Waals surface area contributed by atoms with Crippen molar-refractivity contribution in [1.82, 2.24) is 10.2 Å². The summed E-state index contributed by atoms with van der Waals surface area (Å²) in [6, 6.07) is 0.